The van der Waals surface area contributed by atoms with E-state index in [1.807, 2.05) is 0 Å². The lowest BCUT2D eigenvalue weighted by molar-refractivity contribution is 0.553. The number of sulfonamides is 1. The Balaban J connectivity index is 1.88. The molecule has 0 aliphatic heterocycles. The number of rotatable bonds is 4. The van der Waals surface area contributed by atoms with Gasteiger partial charge in [0.15, 0.2) is 0 Å². The quantitative estimate of drug-likeness (QED) is 0.753. The molecule has 1 heterocycles. The molecular formula is C14H19N3O2S2. The van der Waals surface area contributed by atoms with Crippen LogP contribution in [0.5, 0.6) is 0 Å². The second kappa shape index (κ2) is 5.55. The predicted molar refractivity (Wildman–Crippen MR) is 88.0 cm³/mol. The van der Waals surface area contributed by atoms with Crippen molar-refractivity contribution in [2.24, 2.45) is 0 Å². The highest BCUT2D eigenvalue weighted by atomic mass is 32.2. The van der Waals surface area contributed by atoms with E-state index in [-0.39, 0.29) is 10.9 Å². The van der Waals surface area contributed by atoms with E-state index in [4.69, 9.17) is 5.73 Å². The van der Waals surface area contributed by atoms with Crippen molar-refractivity contribution in [2.75, 3.05) is 12.0 Å². The first-order chi connectivity index (χ1) is 9.99. The smallest absolute Gasteiger partial charge is 0.242 e. The SMILES string of the molecule is CSC1CCC(NS(=O)(=O)c2c[nH]c3ccc(N)cc23)C1. The lowest BCUT2D eigenvalue weighted by Crippen LogP contribution is -2.33. The maximum Gasteiger partial charge on any atom is 0.242 e. The average Bonchev–Trinajstić information content (AvgIpc) is 3.04. The number of H-pyrrole nitrogens is 1. The molecule has 2 atom stereocenters. The molecule has 2 aromatic rings. The number of thioether (sulfide) groups is 1. The fraction of sp³-hybridized carbons (Fsp3) is 0.429. The summed E-state index contributed by atoms with van der Waals surface area (Å²) in [6.45, 7) is 0. The molecule has 7 heteroatoms. The summed E-state index contributed by atoms with van der Waals surface area (Å²) in [6, 6.07) is 5.27. The third kappa shape index (κ3) is 2.90. The van der Waals surface area contributed by atoms with Crippen LogP contribution in [0.1, 0.15) is 19.3 Å². The second-order valence-corrected chi connectivity index (χ2v) is 8.27. The zero-order valence-electron chi connectivity index (χ0n) is 11.8. The Morgan fingerprint density at radius 3 is 2.90 bits per heavy atom. The van der Waals surface area contributed by atoms with Gasteiger partial charge in [0.05, 0.1) is 0 Å². The molecule has 1 aromatic carbocycles. The number of hydrogen-bond acceptors (Lipinski definition) is 4. The summed E-state index contributed by atoms with van der Waals surface area (Å²) < 4.78 is 28.0. The van der Waals surface area contributed by atoms with Crippen LogP contribution in [0.4, 0.5) is 5.69 Å². The Hall–Kier alpha value is -1.18. The van der Waals surface area contributed by atoms with Gasteiger partial charge < -0.3 is 10.7 Å². The van der Waals surface area contributed by atoms with Crippen LogP contribution in [-0.2, 0) is 10.0 Å². The summed E-state index contributed by atoms with van der Waals surface area (Å²) in [5, 5.41) is 1.19. The molecule has 1 aliphatic rings. The Morgan fingerprint density at radius 1 is 1.38 bits per heavy atom. The number of benzene rings is 1. The van der Waals surface area contributed by atoms with Crippen molar-refractivity contribution in [3.63, 3.8) is 0 Å². The van der Waals surface area contributed by atoms with Crippen LogP contribution in [0, 0.1) is 0 Å². The number of hydrogen-bond donors (Lipinski definition) is 3. The molecule has 0 saturated heterocycles. The molecule has 1 aromatic heterocycles. The standard InChI is InChI=1S/C14H19N3O2S2/c1-20-11-4-3-10(7-11)17-21(18,19)14-8-16-13-5-2-9(15)6-12(13)14/h2,5-6,8,10-11,16-17H,3-4,7,15H2,1H3. The van der Waals surface area contributed by atoms with Gasteiger partial charge in [-0.3, -0.25) is 0 Å². The van der Waals surface area contributed by atoms with E-state index in [0.717, 1.165) is 24.8 Å². The Bertz CT molecular complexity index is 755. The molecule has 1 aliphatic carbocycles. The highest BCUT2D eigenvalue weighted by Gasteiger charge is 2.29. The first kappa shape index (κ1) is 14.7. The summed E-state index contributed by atoms with van der Waals surface area (Å²) in [4.78, 5) is 3.26. The van der Waals surface area contributed by atoms with Crippen molar-refractivity contribution in [1.82, 2.24) is 9.71 Å². The Kier molecular flexibility index (Phi) is 3.90. The van der Waals surface area contributed by atoms with Gasteiger partial charge >= 0.3 is 0 Å². The highest BCUT2D eigenvalue weighted by molar-refractivity contribution is 7.99. The monoisotopic (exact) mass is 325 g/mol. The van der Waals surface area contributed by atoms with E-state index in [2.05, 4.69) is 16.0 Å². The number of aromatic nitrogens is 1. The second-order valence-electron chi connectivity index (χ2n) is 5.45. The van der Waals surface area contributed by atoms with Gasteiger partial charge in [-0.2, -0.15) is 11.8 Å². The molecule has 0 spiro atoms. The van der Waals surface area contributed by atoms with Crippen LogP contribution in [0.3, 0.4) is 0 Å². The van der Waals surface area contributed by atoms with Crippen molar-refractivity contribution < 1.29 is 8.42 Å². The van der Waals surface area contributed by atoms with E-state index in [1.165, 1.54) is 6.20 Å². The minimum absolute atomic E-state index is 0.0264. The first-order valence-electron chi connectivity index (χ1n) is 6.91. The topological polar surface area (TPSA) is 88.0 Å². The van der Waals surface area contributed by atoms with Crippen LogP contribution in [0.15, 0.2) is 29.3 Å². The van der Waals surface area contributed by atoms with E-state index < -0.39 is 10.0 Å². The number of nitrogens with two attached hydrogens (primary N) is 1. The van der Waals surface area contributed by atoms with Gasteiger partial charge in [0.25, 0.3) is 0 Å². The summed E-state index contributed by atoms with van der Waals surface area (Å²) in [7, 11) is -3.52. The summed E-state index contributed by atoms with van der Waals surface area (Å²) in [5.74, 6) is 0. The van der Waals surface area contributed by atoms with Crippen molar-refractivity contribution in [3.05, 3.63) is 24.4 Å². The Labute approximate surface area is 128 Å². The van der Waals surface area contributed by atoms with E-state index in [1.54, 1.807) is 30.0 Å². The molecule has 0 bridgehead atoms. The van der Waals surface area contributed by atoms with Crippen LogP contribution < -0.4 is 10.5 Å². The van der Waals surface area contributed by atoms with Crippen molar-refractivity contribution in [1.29, 1.82) is 0 Å². The van der Waals surface area contributed by atoms with Crippen molar-refractivity contribution >= 4 is 38.4 Å². The molecule has 2 unspecified atom stereocenters. The normalized spacial score (nSPS) is 22.9. The number of aromatic amines is 1. The van der Waals surface area contributed by atoms with Gasteiger partial charge in [-0.25, -0.2) is 13.1 Å². The van der Waals surface area contributed by atoms with E-state index in [0.29, 0.717) is 16.3 Å². The van der Waals surface area contributed by atoms with Crippen molar-refractivity contribution in [2.45, 2.75) is 35.4 Å². The van der Waals surface area contributed by atoms with E-state index in [9.17, 15) is 8.42 Å². The maximum atomic E-state index is 12.6. The molecule has 5 nitrogen and oxygen atoms in total. The largest absolute Gasteiger partial charge is 0.399 e. The van der Waals surface area contributed by atoms with Gasteiger partial charge in [0.1, 0.15) is 4.90 Å². The molecule has 0 radical (unpaired) electrons. The fourth-order valence-electron chi connectivity index (χ4n) is 2.88. The Morgan fingerprint density at radius 2 is 2.19 bits per heavy atom. The molecule has 4 N–H and O–H groups in total. The molecule has 21 heavy (non-hydrogen) atoms. The summed E-state index contributed by atoms with van der Waals surface area (Å²) in [6.07, 6.45) is 6.47. The van der Waals surface area contributed by atoms with Crippen LogP contribution in [-0.4, -0.2) is 30.9 Å². The molecular weight excluding hydrogens is 306 g/mol. The van der Waals surface area contributed by atoms with E-state index >= 15 is 0 Å². The summed E-state index contributed by atoms with van der Waals surface area (Å²) >= 11 is 1.81. The number of nitrogens with one attached hydrogen (secondary N) is 2. The zero-order chi connectivity index (χ0) is 15.0. The zero-order valence-corrected chi connectivity index (χ0v) is 13.4. The van der Waals surface area contributed by atoms with Gasteiger partial charge in [-0.15, -0.1) is 0 Å². The molecule has 114 valence electrons. The molecule has 0 amide bonds. The number of anilines is 1. The highest BCUT2D eigenvalue weighted by Crippen LogP contribution is 2.30. The average molecular weight is 325 g/mol. The number of fused-ring (bicyclic) bond motifs is 1. The third-order valence-corrected chi connectivity index (χ3v) is 6.65. The predicted octanol–water partition coefficient (Wildman–Crippen LogP) is 2.31. The van der Waals surface area contributed by atoms with Gasteiger partial charge in [0, 0.05) is 34.1 Å². The van der Waals surface area contributed by atoms with Gasteiger partial charge in [0.2, 0.25) is 10.0 Å². The fourth-order valence-corrected chi connectivity index (χ4v) is 5.13. The maximum absolute atomic E-state index is 12.6. The number of nitrogen functional groups attached to an aromatic ring is 1. The van der Waals surface area contributed by atoms with Gasteiger partial charge in [-0.05, 0) is 43.7 Å². The summed E-state index contributed by atoms with van der Waals surface area (Å²) in [5.41, 5.74) is 7.10. The molecule has 3 rings (SSSR count). The molecule has 1 saturated carbocycles. The molecule has 1 fully saturated rings. The van der Waals surface area contributed by atoms with Crippen LogP contribution >= 0.6 is 11.8 Å². The third-order valence-electron chi connectivity index (χ3n) is 4.00. The lowest BCUT2D eigenvalue weighted by atomic mass is 10.2. The van der Waals surface area contributed by atoms with Crippen molar-refractivity contribution in [3.8, 4) is 0 Å². The minimum Gasteiger partial charge on any atom is -0.399 e. The van der Waals surface area contributed by atoms with Crippen LogP contribution in [0.25, 0.3) is 10.9 Å². The van der Waals surface area contributed by atoms with Crippen LogP contribution in [0.2, 0.25) is 0 Å². The minimum atomic E-state index is -3.52. The van der Waals surface area contributed by atoms with Gasteiger partial charge in [-0.1, -0.05) is 0 Å². The lowest BCUT2D eigenvalue weighted by Gasteiger charge is -2.12. The first-order valence-corrected chi connectivity index (χ1v) is 9.68.